The molecule has 0 aliphatic rings. The summed E-state index contributed by atoms with van der Waals surface area (Å²) in [6.45, 7) is 6.80. The Labute approximate surface area is 87.1 Å². The molecule has 72 valence electrons. The number of hydrogen-bond acceptors (Lipinski definition) is 2. The van der Waals surface area contributed by atoms with Crippen molar-refractivity contribution in [3.8, 4) is 0 Å². The number of esters is 1. The van der Waals surface area contributed by atoms with Crippen LogP contribution < -0.4 is 0 Å². The van der Waals surface area contributed by atoms with Gasteiger partial charge in [0.25, 0.3) is 0 Å². The van der Waals surface area contributed by atoms with Gasteiger partial charge in [0.2, 0.25) is 0 Å². The quantitative estimate of drug-likeness (QED) is 0.426. The molecule has 0 heterocycles. The summed E-state index contributed by atoms with van der Waals surface area (Å²) >= 11 is 5.65. The number of nitrogens with zero attached hydrogens (tertiary/aromatic N) is 1. The number of hydrogen-bond donors (Lipinski definition) is 0. The molecule has 3 nitrogen and oxygen atoms in total. The van der Waals surface area contributed by atoms with Gasteiger partial charge in [0.05, 0.1) is 19.2 Å². The van der Waals surface area contributed by atoms with Crippen molar-refractivity contribution in [1.29, 1.82) is 0 Å². The maximum absolute atomic E-state index is 11.2. The average molecular weight is 210 g/mol. The topological polar surface area (TPSA) is 30.7 Å². The Balaban J connectivity index is 3.19. The predicted molar refractivity (Wildman–Crippen MR) is 53.6 cm³/mol. The van der Waals surface area contributed by atoms with Crippen LogP contribution in [0.15, 0.2) is 18.2 Å². The minimum atomic E-state index is -0.433. The summed E-state index contributed by atoms with van der Waals surface area (Å²) in [7, 11) is 1.31. The highest BCUT2D eigenvalue weighted by Gasteiger charge is 2.11. The molecular formula is C10H8ClNO2. The van der Waals surface area contributed by atoms with Crippen LogP contribution in [0.25, 0.3) is 4.85 Å². The van der Waals surface area contributed by atoms with Gasteiger partial charge in [0.1, 0.15) is 0 Å². The molecule has 1 aromatic rings. The maximum atomic E-state index is 11.2. The van der Waals surface area contributed by atoms with Gasteiger partial charge in [0.15, 0.2) is 5.69 Å². The highest BCUT2D eigenvalue weighted by atomic mass is 35.5. The molecule has 0 atom stereocenters. The molecule has 0 saturated carbocycles. The standard InChI is InChI=1S/C10H8ClNO2/c1-12-8-3-4-9(10(13)14-2)7(5-8)6-11/h3-5H,6H2,2H3. The van der Waals surface area contributed by atoms with E-state index in [1.165, 1.54) is 7.11 Å². The number of carbonyl (C=O) groups excluding carboxylic acids is 1. The van der Waals surface area contributed by atoms with E-state index >= 15 is 0 Å². The van der Waals surface area contributed by atoms with Crippen molar-refractivity contribution in [3.05, 3.63) is 40.7 Å². The average Bonchev–Trinajstić information content (AvgIpc) is 2.27. The lowest BCUT2D eigenvalue weighted by molar-refractivity contribution is 0.0600. The van der Waals surface area contributed by atoms with E-state index in [-0.39, 0.29) is 5.88 Å². The molecule has 0 bridgehead atoms. The largest absolute Gasteiger partial charge is 0.465 e. The van der Waals surface area contributed by atoms with Gasteiger partial charge in [-0.15, -0.1) is 11.6 Å². The number of benzene rings is 1. The van der Waals surface area contributed by atoms with Crippen LogP contribution in [-0.4, -0.2) is 13.1 Å². The summed E-state index contributed by atoms with van der Waals surface area (Å²) in [6, 6.07) is 4.71. The fourth-order valence-electron chi connectivity index (χ4n) is 1.07. The Morgan fingerprint density at radius 1 is 1.64 bits per heavy atom. The summed E-state index contributed by atoms with van der Waals surface area (Å²) in [5.74, 6) is -0.245. The van der Waals surface area contributed by atoms with Crippen LogP contribution in [0.2, 0.25) is 0 Å². The summed E-state index contributed by atoms with van der Waals surface area (Å²) in [5.41, 5.74) is 1.50. The Hall–Kier alpha value is -1.53. The number of methoxy groups -OCH3 is 1. The van der Waals surface area contributed by atoms with Gasteiger partial charge in [0, 0.05) is 5.88 Å². The zero-order chi connectivity index (χ0) is 10.6. The molecule has 0 amide bonds. The smallest absolute Gasteiger partial charge is 0.338 e. The van der Waals surface area contributed by atoms with Crippen molar-refractivity contribution in [3.63, 3.8) is 0 Å². The summed E-state index contributed by atoms with van der Waals surface area (Å²) in [4.78, 5) is 14.5. The predicted octanol–water partition coefficient (Wildman–Crippen LogP) is 2.76. The number of alkyl halides is 1. The number of ether oxygens (including phenoxy) is 1. The highest BCUT2D eigenvalue weighted by molar-refractivity contribution is 6.17. The normalized spacial score (nSPS) is 9.21. The van der Waals surface area contributed by atoms with Crippen molar-refractivity contribution < 1.29 is 9.53 Å². The second kappa shape index (κ2) is 4.64. The second-order valence-corrected chi connectivity index (χ2v) is 2.85. The first-order chi connectivity index (χ1) is 6.72. The first-order valence-corrected chi connectivity index (χ1v) is 4.41. The van der Waals surface area contributed by atoms with E-state index in [9.17, 15) is 4.79 Å². The monoisotopic (exact) mass is 209 g/mol. The van der Waals surface area contributed by atoms with Gasteiger partial charge in [-0.2, -0.15) is 0 Å². The van der Waals surface area contributed by atoms with Gasteiger partial charge in [-0.05, 0) is 5.56 Å². The summed E-state index contributed by atoms with van der Waals surface area (Å²) in [6.07, 6.45) is 0. The molecule has 0 radical (unpaired) electrons. The Kier molecular flexibility index (Phi) is 3.49. The first-order valence-electron chi connectivity index (χ1n) is 3.87. The van der Waals surface area contributed by atoms with E-state index in [2.05, 4.69) is 9.58 Å². The van der Waals surface area contributed by atoms with Crippen LogP contribution in [-0.2, 0) is 10.6 Å². The number of rotatable bonds is 2. The van der Waals surface area contributed by atoms with Gasteiger partial charge in [-0.3, -0.25) is 0 Å². The molecule has 0 unspecified atom stereocenters. The van der Waals surface area contributed by atoms with Crippen LogP contribution in [0.4, 0.5) is 5.69 Å². The van der Waals surface area contributed by atoms with E-state index in [4.69, 9.17) is 18.2 Å². The van der Waals surface area contributed by atoms with E-state index in [1.807, 2.05) is 0 Å². The molecule has 0 saturated heterocycles. The lowest BCUT2D eigenvalue weighted by Gasteiger charge is -2.04. The van der Waals surface area contributed by atoms with Gasteiger partial charge >= 0.3 is 5.97 Å². The third-order valence-electron chi connectivity index (χ3n) is 1.77. The molecule has 1 rings (SSSR count). The molecule has 0 aliphatic heterocycles. The van der Waals surface area contributed by atoms with Crippen molar-refractivity contribution >= 4 is 23.3 Å². The van der Waals surface area contributed by atoms with Crippen LogP contribution in [0.1, 0.15) is 15.9 Å². The zero-order valence-corrected chi connectivity index (χ0v) is 8.34. The molecule has 0 aliphatic carbocycles. The van der Waals surface area contributed by atoms with Crippen LogP contribution >= 0.6 is 11.6 Å². The zero-order valence-electron chi connectivity index (χ0n) is 7.58. The van der Waals surface area contributed by atoms with Gasteiger partial charge in [-0.1, -0.05) is 18.2 Å². The lowest BCUT2D eigenvalue weighted by atomic mass is 10.1. The maximum Gasteiger partial charge on any atom is 0.338 e. The molecule has 0 N–H and O–H groups in total. The number of carbonyl (C=O) groups is 1. The molecule has 0 spiro atoms. The minimum absolute atomic E-state index is 0.188. The minimum Gasteiger partial charge on any atom is -0.465 e. The molecule has 0 fully saturated rings. The molecular weight excluding hydrogens is 202 g/mol. The van der Waals surface area contributed by atoms with E-state index in [0.29, 0.717) is 16.8 Å². The summed E-state index contributed by atoms with van der Waals surface area (Å²) < 4.78 is 4.58. The summed E-state index contributed by atoms with van der Waals surface area (Å²) in [5, 5.41) is 0. The van der Waals surface area contributed by atoms with Crippen LogP contribution in [0, 0.1) is 6.57 Å². The first kappa shape index (κ1) is 10.6. The van der Waals surface area contributed by atoms with Crippen molar-refractivity contribution in [2.45, 2.75) is 5.88 Å². The van der Waals surface area contributed by atoms with Gasteiger partial charge < -0.3 is 4.74 Å². The van der Waals surface area contributed by atoms with Crippen LogP contribution in [0.5, 0.6) is 0 Å². The van der Waals surface area contributed by atoms with Crippen molar-refractivity contribution in [1.82, 2.24) is 0 Å². The molecule has 14 heavy (non-hydrogen) atoms. The molecule has 0 aromatic heterocycles. The van der Waals surface area contributed by atoms with Gasteiger partial charge in [-0.25, -0.2) is 9.64 Å². The van der Waals surface area contributed by atoms with E-state index in [1.54, 1.807) is 18.2 Å². The number of halogens is 1. The lowest BCUT2D eigenvalue weighted by Crippen LogP contribution is -2.04. The van der Waals surface area contributed by atoms with E-state index in [0.717, 1.165) is 0 Å². The van der Waals surface area contributed by atoms with Crippen LogP contribution in [0.3, 0.4) is 0 Å². The van der Waals surface area contributed by atoms with Crippen molar-refractivity contribution in [2.75, 3.05) is 7.11 Å². The Bertz CT molecular complexity index is 396. The fourth-order valence-corrected chi connectivity index (χ4v) is 1.29. The van der Waals surface area contributed by atoms with Crippen molar-refractivity contribution in [2.24, 2.45) is 0 Å². The Morgan fingerprint density at radius 2 is 2.36 bits per heavy atom. The third-order valence-corrected chi connectivity index (χ3v) is 2.06. The fraction of sp³-hybridized carbons (Fsp3) is 0.200. The van der Waals surface area contributed by atoms with E-state index < -0.39 is 5.97 Å². The SMILES string of the molecule is [C-]#[N+]c1ccc(C(=O)OC)c(CCl)c1. The third kappa shape index (κ3) is 2.04. The molecule has 4 heteroatoms. The second-order valence-electron chi connectivity index (χ2n) is 2.58. The Morgan fingerprint density at radius 3 is 2.86 bits per heavy atom. The highest BCUT2D eigenvalue weighted by Crippen LogP contribution is 2.20. The molecule has 1 aromatic carbocycles.